The van der Waals surface area contributed by atoms with Crippen molar-refractivity contribution < 1.29 is 0 Å². The molecule has 0 nitrogen and oxygen atoms in total. The average molecular weight is 579 g/mol. The molecule has 208 valence electrons. The largest absolute Gasteiger partial charge is 0.139 e. The summed E-state index contributed by atoms with van der Waals surface area (Å²) in [5.74, 6) is 0. The number of hydrogen-bond donors (Lipinski definition) is 0. The maximum Gasteiger partial charge on any atom is 0.0424 e. The number of thiophene rings is 1. The van der Waals surface area contributed by atoms with Gasteiger partial charge >= 0.3 is 0 Å². The fourth-order valence-corrected chi connectivity index (χ4v) is 8.46. The van der Waals surface area contributed by atoms with Gasteiger partial charge in [-0.2, -0.15) is 0 Å². The Morgan fingerprint density at radius 1 is 0.500 bits per heavy atom. The average Bonchev–Trinajstić information content (AvgIpc) is 3.42. The van der Waals surface area contributed by atoms with Crippen molar-refractivity contribution in [1.82, 2.24) is 0 Å². The molecule has 0 saturated carbocycles. The van der Waals surface area contributed by atoms with Crippen LogP contribution in [0.25, 0.3) is 81.9 Å². The van der Waals surface area contributed by atoms with E-state index in [9.17, 15) is 0 Å². The number of rotatable bonds is 3. The zero-order chi connectivity index (χ0) is 29.2. The van der Waals surface area contributed by atoms with Gasteiger partial charge in [0.15, 0.2) is 0 Å². The molecule has 0 spiro atoms. The monoisotopic (exact) mass is 578 g/mol. The maximum absolute atomic E-state index is 2.46. The van der Waals surface area contributed by atoms with Crippen LogP contribution in [0.3, 0.4) is 0 Å². The molecule has 9 rings (SSSR count). The minimum Gasteiger partial charge on any atom is -0.139 e. The van der Waals surface area contributed by atoms with Crippen LogP contribution < -0.4 is 0 Å². The van der Waals surface area contributed by atoms with Crippen LogP contribution in [0.15, 0.2) is 133 Å². The third-order valence-electron chi connectivity index (χ3n) is 9.44. The molecular formula is C43H30S. The summed E-state index contributed by atoms with van der Waals surface area (Å²) in [5, 5.41) is 10.4. The Kier molecular flexibility index (Phi) is 5.82. The topological polar surface area (TPSA) is 0 Å². The highest BCUT2D eigenvalue weighted by atomic mass is 32.1. The van der Waals surface area contributed by atoms with E-state index in [0.29, 0.717) is 0 Å². The first-order valence-corrected chi connectivity index (χ1v) is 16.3. The van der Waals surface area contributed by atoms with Gasteiger partial charge in [-0.05, 0) is 115 Å². The predicted octanol–water partition coefficient (Wildman–Crippen LogP) is 12.6. The zero-order valence-corrected chi connectivity index (χ0v) is 25.4. The minimum atomic E-state index is 1.12. The summed E-state index contributed by atoms with van der Waals surface area (Å²) in [6.07, 6.45) is 6.85. The van der Waals surface area contributed by atoms with E-state index in [0.717, 1.165) is 12.8 Å². The number of benzene rings is 7. The van der Waals surface area contributed by atoms with Gasteiger partial charge in [-0.1, -0.05) is 121 Å². The van der Waals surface area contributed by atoms with Gasteiger partial charge in [-0.15, -0.1) is 11.3 Å². The van der Waals surface area contributed by atoms with Crippen LogP contribution >= 0.6 is 11.3 Å². The van der Waals surface area contributed by atoms with Crippen molar-refractivity contribution in [2.75, 3.05) is 0 Å². The second-order valence-corrected chi connectivity index (χ2v) is 13.2. The number of hydrogen-bond acceptors (Lipinski definition) is 1. The van der Waals surface area contributed by atoms with E-state index in [-0.39, 0.29) is 0 Å². The predicted molar refractivity (Wildman–Crippen MR) is 193 cm³/mol. The Bertz CT molecular complexity index is 2450. The van der Waals surface area contributed by atoms with Gasteiger partial charge in [0.1, 0.15) is 0 Å². The molecule has 0 radical (unpaired) electrons. The zero-order valence-electron chi connectivity index (χ0n) is 24.6. The summed E-state index contributed by atoms with van der Waals surface area (Å²) < 4.78 is 0. The summed E-state index contributed by atoms with van der Waals surface area (Å²) in [4.78, 5) is 2.71. The van der Waals surface area contributed by atoms with Crippen LogP contribution in [0.2, 0.25) is 0 Å². The van der Waals surface area contributed by atoms with Crippen LogP contribution in [0.5, 0.6) is 0 Å². The third-order valence-corrected chi connectivity index (χ3v) is 10.6. The lowest BCUT2D eigenvalue weighted by Gasteiger charge is -2.20. The standard InChI is InChI=1S/C43H30S/c1-27-35-14-6-9-17-39(35)43(44-27)34-22-23-38-40(26-34)42(33-21-19-29-11-3-5-13-31(29)25-33)37-16-8-7-15-36(37)41(38)32-20-18-28-10-2-4-12-30(28)24-32/h3-9,11-26H,2,10H2,1H3. The van der Waals surface area contributed by atoms with Crippen molar-refractivity contribution in [1.29, 1.82) is 0 Å². The van der Waals surface area contributed by atoms with Gasteiger partial charge in [-0.3, -0.25) is 0 Å². The summed E-state index contributed by atoms with van der Waals surface area (Å²) >= 11 is 1.90. The van der Waals surface area contributed by atoms with E-state index in [1.54, 1.807) is 0 Å². The molecule has 1 aromatic heterocycles. The van der Waals surface area contributed by atoms with Crippen LogP contribution in [-0.4, -0.2) is 0 Å². The summed E-state index contributed by atoms with van der Waals surface area (Å²) in [6, 6.07) is 47.8. The van der Waals surface area contributed by atoms with E-state index in [1.165, 1.54) is 91.8 Å². The highest BCUT2D eigenvalue weighted by Crippen LogP contribution is 2.47. The molecule has 0 atom stereocenters. The fourth-order valence-electron chi connectivity index (χ4n) is 7.33. The molecule has 7 aromatic carbocycles. The molecule has 0 bridgehead atoms. The van der Waals surface area contributed by atoms with E-state index < -0.39 is 0 Å². The lowest BCUT2D eigenvalue weighted by molar-refractivity contribution is 0.986. The SMILES string of the molecule is Cc1sc(-c2ccc3c(-c4ccc5c(c4)C=CCC5)c4ccccc4c(-c4ccc5ccccc5c4)c3c2)c2ccccc12. The van der Waals surface area contributed by atoms with Crippen molar-refractivity contribution >= 4 is 60.5 Å². The lowest BCUT2D eigenvalue weighted by Crippen LogP contribution is -1.96. The van der Waals surface area contributed by atoms with E-state index in [4.69, 9.17) is 0 Å². The molecule has 44 heavy (non-hydrogen) atoms. The van der Waals surface area contributed by atoms with Gasteiger partial charge in [0, 0.05) is 15.1 Å². The van der Waals surface area contributed by atoms with Gasteiger partial charge in [0.05, 0.1) is 0 Å². The summed E-state index contributed by atoms with van der Waals surface area (Å²) in [7, 11) is 0. The molecule has 0 aliphatic heterocycles. The highest BCUT2D eigenvalue weighted by molar-refractivity contribution is 7.17. The van der Waals surface area contributed by atoms with Gasteiger partial charge in [-0.25, -0.2) is 0 Å². The number of fused-ring (bicyclic) bond motifs is 5. The normalized spacial score (nSPS) is 12.8. The van der Waals surface area contributed by atoms with Crippen molar-refractivity contribution in [3.63, 3.8) is 0 Å². The number of allylic oxidation sites excluding steroid dienone is 1. The lowest BCUT2D eigenvalue weighted by atomic mass is 9.83. The van der Waals surface area contributed by atoms with Crippen LogP contribution in [-0.2, 0) is 6.42 Å². The van der Waals surface area contributed by atoms with Crippen molar-refractivity contribution in [3.8, 4) is 32.7 Å². The molecule has 0 N–H and O–H groups in total. The van der Waals surface area contributed by atoms with Crippen molar-refractivity contribution in [2.24, 2.45) is 0 Å². The smallest absolute Gasteiger partial charge is 0.0424 e. The molecular weight excluding hydrogens is 549 g/mol. The minimum absolute atomic E-state index is 1.12. The van der Waals surface area contributed by atoms with Crippen LogP contribution in [0.1, 0.15) is 22.4 Å². The molecule has 0 saturated heterocycles. The second kappa shape index (κ2) is 10.0. The van der Waals surface area contributed by atoms with E-state index in [1.807, 2.05) is 11.3 Å². The first-order chi connectivity index (χ1) is 21.7. The Hall–Kier alpha value is -4.98. The molecule has 0 unspecified atom stereocenters. The Morgan fingerprint density at radius 3 is 1.98 bits per heavy atom. The van der Waals surface area contributed by atoms with Gasteiger partial charge in [0.2, 0.25) is 0 Å². The Morgan fingerprint density at radius 2 is 1.14 bits per heavy atom. The van der Waals surface area contributed by atoms with Crippen LogP contribution in [0.4, 0.5) is 0 Å². The Labute approximate surface area is 261 Å². The fraction of sp³-hybridized carbons (Fsp3) is 0.0698. The molecule has 0 fully saturated rings. The molecule has 0 amide bonds. The van der Waals surface area contributed by atoms with Crippen LogP contribution in [0, 0.1) is 6.92 Å². The van der Waals surface area contributed by atoms with Crippen molar-refractivity contribution in [2.45, 2.75) is 19.8 Å². The highest BCUT2D eigenvalue weighted by Gasteiger charge is 2.20. The number of aryl methyl sites for hydroxylation is 2. The molecule has 8 aromatic rings. The molecule has 1 heteroatoms. The van der Waals surface area contributed by atoms with Crippen molar-refractivity contribution in [3.05, 3.63) is 149 Å². The molecule has 1 aliphatic carbocycles. The third kappa shape index (κ3) is 3.97. The summed E-state index contributed by atoms with van der Waals surface area (Å²) in [5.41, 5.74) is 9.24. The van der Waals surface area contributed by atoms with E-state index in [2.05, 4.69) is 146 Å². The van der Waals surface area contributed by atoms with E-state index >= 15 is 0 Å². The van der Waals surface area contributed by atoms with Gasteiger partial charge in [0.25, 0.3) is 0 Å². The quantitative estimate of drug-likeness (QED) is 0.183. The first-order valence-electron chi connectivity index (χ1n) is 15.5. The first kappa shape index (κ1) is 25.5. The van der Waals surface area contributed by atoms with Gasteiger partial charge < -0.3 is 0 Å². The Balaban J connectivity index is 1.41. The molecule has 1 aliphatic rings. The molecule has 1 heterocycles. The second-order valence-electron chi connectivity index (χ2n) is 12.0. The summed E-state index contributed by atoms with van der Waals surface area (Å²) in [6.45, 7) is 2.24. The maximum atomic E-state index is 2.46.